The zero-order valence-electron chi connectivity index (χ0n) is 9.14. The van der Waals surface area contributed by atoms with Crippen LogP contribution in [-0.4, -0.2) is 36.3 Å². The van der Waals surface area contributed by atoms with E-state index in [1.807, 2.05) is 13.8 Å². The van der Waals surface area contributed by atoms with E-state index in [0.717, 1.165) is 31.9 Å². The van der Waals surface area contributed by atoms with E-state index in [-0.39, 0.29) is 0 Å². The van der Waals surface area contributed by atoms with Crippen molar-refractivity contribution in [3.8, 4) is 0 Å². The Morgan fingerprint density at radius 2 is 2.36 bits per heavy atom. The minimum absolute atomic E-state index is 0.551. The summed E-state index contributed by atoms with van der Waals surface area (Å²) in [6.45, 7) is 6.21. The van der Waals surface area contributed by atoms with Crippen molar-refractivity contribution in [3.05, 3.63) is 0 Å². The van der Waals surface area contributed by atoms with Crippen LogP contribution >= 0.6 is 0 Å². The molecule has 0 aromatic heterocycles. The summed E-state index contributed by atoms with van der Waals surface area (Å²) in [6, 6.07) is 0. The molecule has 0 aliphatic carbocycles. The lowest BCUT2D eigenvalue weighted by Gasteiger charge is -2.22. The molecule has 0 amide bonds. The van der Waals surface area contributed by atoms with Gasteiger partial charge in [-0.1, -0.05) is 6.92 Å². The zero-order valence-corrected chi connectivity index (χ0v) is 9.14. The van der Waals surface area contributed by atoms with Crippen LogP contribution in [0.4, 0.5) is 0 Å². The van der Waals surface area contributed by atoms with Crippen LogP contribution in [0.5, 0.6) is 0 Å². The summed E-state index contributed by atoms with van der Waals surface area (Å²) in [4.78, 5) is 4.34. The van der Waals surface area contributed by atoms with Gasteiger partial charge in [0, 0.05) is 19.6 Å². The molecule has 0 radical (unpaired) electrons. The van der Waals surface area contributed by atoms with Crippen molar-refractivity contribution in [1.82, 2.24) is 10.6 Å². The fraction of sp³-hybridized carbons (Fsp3) is 0.900. The predicted octanol–water partition coefficient (Wildman–Crippen LogP) is 0.476. The Labute approximate surface area is 85.8 Å². The lowest BCUT2D eigenvalue weighted by molar-refractivity contribution is 0.0604. The van der Waals surface area contributed by atoms with Crippen LogP contribution in [0.3, 0.4) is 0 Å². The molecule has 0 saturated carbocycles. The van der Waals surface area contributed by atoms with Gasteiger partial charge < -0.3 is 15.7 Å². The van der Waals surface area contributed by atoms with Crippen LogP contribution in [0.2, 0.25) is 0 Å². The standard InChI is InChI=1S/C10H21N3O/c1-3-10(2,14)8-13-9-11-6-4-5-7-12-9/h14H,3-8H2,1-2H3,(H2,11,12,13)/t10-/m0/s1. The van der Waals surface area contributed by atoms with E-state index in [4.69, 9.17) is 0 Å². The normalized spacial score (nSPS) is 21.5. The van der Waals surface area contributed by atoms with E-state index in [1.54, 1.807) is 0 Å². The third-order valence-electron chi connectivity index (χ3n) is 2.55. The summed E-state index contributed by atoms with van der Waals surface area (Å²) in [5.41, 5.74) is -0.642. The van der Waals surface area contributed by atoms with E-state index in [9.17, 15) is 5.11 Å². The average molecular weight is 199 g/mol. The first-order valence-corrected chi connectivity index (χ1v) is 5.38. The number of aliphatic hydroxyl groups is 1. The third-order valence-corrected chi connectivity index (χ3v) is 2.55. The molecule has 0 unspecified atom stereocenters. The molecule has 0 bridgehead atoms. The predicted molar refractivity (Wildman–Crippen MR) is 58.5 cm³/mol. The van der Waals surface area contributed by atoms with E-state index in [0.29, 0.717) is 6.54 Å². The topological polar surface area (TPSA) is 56.6 Å². The van der Waals surface area contributed by atoms with Gasteiger partial charge in [0.15, 0.2) is 5.96 Å². The highest BCUT2D eigenvalue weighted by atomic mass is 16.3. The summed E-state index contributed by atoms with van der Waals surface area (Å²) < 4.78 is 0. The molecule has 0 spiro atoms. The molecule has 3 N–H and O–H groups in total. The maximum Gasteiger partial charge on any atom is 0.191 e. The van der Waals surface area contributed by atoms with Crippen molar-refractivity contribution in [1.29, 1.82) is 0 Å². The highest BCUT2D eigenvalue weighted by Crippen LogP contribution is 2.05. The van der Waals surface area contributed by atoms with Gasteiger partial charge in [-0.05, 0) is 26.2 Å². The van der Waals surface area contributed by atoms with Gasteiger partial charge >= 0.3 is 0 Å². The van der Waals surface area contributed by atoms with Gasteiger partial charge in [-0.15, -0.1) is 0 Å². The zero-order chi connectivity index (χ0) is 10.4. The van der Waals surface area contributed by atoms with Gasteiger partial charge in [-0.3, -0.25) is 4.99 Å². The van der Waals surface area contributed by atoms with Crippen molar-refractivity contribution in [3.63, 3.8) is 0 Å². The summed E-state index contributed by atoms with van der Waals surface area (Å²) in [5, 5.41) is 16.1. The molecule has 4 nitrogen and oxygen atoms in total. The highest BCUT2D eigenvalue weighted by molar-refractivity contribution is 5.79. The molecule has 1 rings (SSSR count). The largest absolute Gasteiger partial charge is 0.388 e. The van der Waals surface area contributed by atoms with Crippen LogP contribution < -0.4 is 10.6 Å². The van der Waals surface area contributed by atoms with Crippen molar-refractivity contribution in [2.75, 3.05) is 19.6 Å². The Balaban J connectivity index is 2.32. The van der Waals surface area contributed by atoms with E-state index >= 15 is 0 Å². The Bertz CT molecular complexity index is 202. The monoisotopic (exact) mass is 199 g/mol. The molecule has 0 aromatic carbocycles. The third kappa shape index (κ3) is 3.96. The van der Waals surface area contributed by atoms with E-state index in [1.165, 1.54) is 6.42 Å². The molecule has 4 heteroatoms. The molecule has 0 saturated heterocycles. The van der Waals surface area contributed by atoms with Crippen LogP contribution in [0.1, 0.15) is 33.1 Å². The molecule has 1 atom stereocenters. The van der Waals surface area contributed by atoms with Crippen molar-refractivity contribution in [2.45, 2.75) is 38.7 Å². The summed E-state index contributed by atoms with van der Waals surface area (Å²) >= 11 is 0. The average Bonchev–Trinajstić information content (AvgIpc) is 2.43. The number of nitrogens with one attached hydrogen (secondary N) is 2. The second-order valence-electron chi connectivity index (χ2n) is 4.07. The first-order valence-electron chi connectivity index (χ1n) is 5.38. The highest BCUT2D eigenvalue weighted by Gasteiger charge is 2.17. The van der Waals surface area contributed by atoms with E-state index in [2.05, 4.69) is 15.6 Å². The van der Waals surface area contributed by atoms with Crippen molar-refractivity contribution < 1.29 is 5.11 Å². The fourth-order valence-electron chi connectivity index (χ4n) is 1.21. The molecule has 14 heavy (non-hydrogen) atoms. The molecule has 1 aliphatic heterocycles. The molecular formula is C10H21N3O. The van der Waals surface area contributed by atoms with Crippen LogP contribution in [-0.2, 0) is 0 Å². The van der Waals surface area contributed by atoms with Crippen LogP contribution in [0, 0.1) is 0 Å². The van der Waals surface area contributed by atoms with Crippen LogP contribution in [0.15, 0.2) is 4.99 Å². The second-order valence-corrected chi connectivity index (χ2v) is 4.07. The van der Waals surface area contributed by atoms with Gasteiger partial charge in [-0.25, -0.2) is 0 Å². The Kier molecular flexibility index (Phi) is 4.20. The lowest BCUT2D eigenvalue weighted by atomic mass is 10.0. The fourth-order valence-corrected chi connectivity index (χ4v) is 1.21. The van der Waals surface area contributed by atoms with E-state index < -0.39 is 5.60 Å². The maximum atomic E-state index is 9.78. The molecule has 1 aliphatic rings. The minimum Gasteiger partial charge on any atom is -0.388 e. The van der Waals surface area contributed by atoms with Crippen LogP contribution in [0.25, 0.3) is 0 Å². The lowest BCUT2D eigenvalue weighted by Crippen LogP contribution is -2.45. The number of hydrogen-bond donors (Lipinski definition) is 3. The molecule has 82 valence electrons. The minimum atomic E-state index is -0.642. The number of aliphatic imine (C=N–C) groups is 1. The molecular weight excluding hydrogens is 178 g/mol. The Morgan fingerprint density at radius 1 is 1.57 bits per heavy atom. The summed E-state index contributed by atoms with van der Waals surface area (Å²) in [5.74, 6) is 0.830. The number of rotatable bonds is 3. The number of nitrogens with zero attached hydrogens (tertiary/aromatic N) is 1. The first kappa shape index (κ1) is 11.3. The Morgan fingerprint density at radius 3 is 3.07 bits per heavy atom. The Hall–Kier alpha value is -0.770. The second kappa shape index (κ2) is 5.20. The van der Waals surface area contributed by atoms with Gasteiger partial charge in [-0.2, -0.15) is 0 Å². The first-order chi connectivity index (χ1) is 6.64. The summed E-state index contributed by atoms with van der Waals surface area (Å²) in [6.07, 6.45) is 3.05. The van der Waals surface area contributed by atoms with Gasteiger partial charge in [0.1, 0.15) is 0 Å². The summed E-state index contributed by atoms with van der Waals surface area (Å²) in [7, 11) is 0. The number of hydrogen-bond acceptors (Lipinski definition) is 4. The van der Waals surface area contributed by atoms with Gasteiger partial charge in [0.2, 0.25) is 0 Å². The van der Waals surface area contributed by atoms with Crippen molar-refractivity contribution >= 4 is 5.96 Å². The molecule has 0 fully saturated rings. The quantitative estimate of drug-likeness (QED) is 0.619. The van der Waals surface area contributed by atoms with Crippen molar-refractivity contribution in [2.24, 2.45) is 4.99 Å². The SMILES string of the molecule is CC[C@](C)(O)CNC1=NCCCCN1. The molecule has 1 heterocycles. The van der Waals surface area contributed by atoms with Gasteiger partial charge in [0.05, 0.1) is 5.60 Å². The maximum absolute atomic E-state index is 9.78. The number of guanidine groups is 1. The molecule has 0 aromatic rings. The smallest absolute Gasteiger partial charge is 0.191 e. The van der Waals surface area contributed by atoms with Gasteiger partial charge in [0.25, 0.3) is 0 Å².